The van der Waals surface area contributed by atoms with E-state index in [-0.39, 0.29) is 5.75 Å². The first-order chi connectivity index (χ1) is 8.44. The van der Waals surface area contributed by atoms with E-state index >= 15 is 0 Å². The van der Waals surface area contributed by atoms with Crippen LogP contribution in [0.4, 0.5) is 0 Å². The Morgan fingerprint density at radius 3 is 2.61 bits per heavy atom. The lowest BCUT2D eigenvalue weighted by Gasteiger charge is -2.13. The zero-order valence-electron chi connectivity index (χ0n) is 10.8. The predicted octanol–water partition coefficient (Wildman–Crippen LogP) is 2.28. The van der Waals surface area contributed by atoms with Gasteiger partial charge in [-0.15, -0.1) is 0 Å². The van der Waals surface area contributed by atoms with Gasteiger partial charge in [0.1, 0.15) is 5.75 Å². The molecular weight excluding hydrogens is 250 g/mol. The van der Waals surface area contributed by atoms with Gasteiger partial charge < -0.3 is 4.74 Å². The van der Waals surface area contributed by atoms with Crippen LogP contribution in [0.3, 0.4) is 0 Å². The van der Waals surface area contributed by atoms with E-state index < -0.39 is 15.1 Å². The van der Waals surface area contributed by atoms with Gasteiger partial charge in [-0.25, -0.2) is 8.42 Å². The zero-order chi connectivity index (χ0) is 13.8. The van der Waals surface area contributed by atoms with Gasteiger partial charge in [-0.1, -0.05) is 6.92 Å². The van der Waals surface area contributed by atoms with E-state index in [1.807, 2.05) is 13.0 Å². The van der Waals surface area contributed by atoms with E-state index in [0.717, 1.165) is 0 Å². The normalized spacial score (nSPS) is 12.8. The molecule has 0 N–H and O–H groups in total. The molecule has 0 bridgehead atoms. The quantitative estimate of drug-likeness (QED) is 0.820. The Bertz CT molecular complexity index is 558. The number of sulfone groups is 1. The lowest BCUT2D eigenvalue weighted by Crippen LogP contribution is -2.19. The first kappa shape index (κ1) is 14.5. The molecule has 0 saturated heterocycles. The van der Waals surface area contributed by atoms with Crippen molar-refractivity contribution in [2.24, 2.45) is 0 Å². The Labute approximate surface area is 108 Å². The van der Waals surface area contributed by atoms with Gasteiger partial charge >= 0.3 is 0 Å². The molecule has 0 aromatic heterocycles. The van der Waals surface area contributed by atoms with Gasteiger partial charge in [-0.2, -0.15) is 5.26 Å². The number of hydrogen-bond acceptors (Lipinski definition) is 4. The molecule has 18 heavy (non-hydrogen) atoms. The fourth-order valence-electron chi connectivity index (χ4n) is 1.57. The minimum atomic E-state index is -3.21. The monoisotopic (exact) mass is 267 g/mol. The maximum absolute atomic E-state index is 12.1. The van der Waals surface area contributed by atoms with Crippen molar-refractivity contribution in [3.63, 3.8) is 0 Å². The van der Waals surface area contributed by atoms with E-state index in [1.54, 1.807) is 25.1 Å². The lowest BCUT2D eigenvalue weighted by atomic mass is 10.1. The average molecular weight is 267 g/mol. The Kier molecular flexibility index (Phi) is 4.74. The summed E-state index contributed by atoms with van der Waals surface area (Å²) in [6, 6.07) is 6.80. The molecule has 0 saturated carbocycles. The van der Waals surface area contributed by atoms with Crippen LogP contribution in [0, 0.1) is 11.3 Å². The molecule has 0 aliphatic rings. The second-order valence-corrected chi connectivity index (χ2v) is 6.58. The highest BCUT2D eigenvalue weighted by atomic mass is 32.2. The van der Waals surface area contributed by atoms with Crippen molar-refractivity contribution < 1.29 is 13.2 Å². The minimum Gasteiger partial charge on any atom is -0.496 e. The number of nitrogens with zero attached hydrogens (tertiary/aromatic N) is 1. The van der Waals surface area contributed by atoms with Gasteiger partial charge in [-0.05, 0) is 31.5 Å². The summed E-state index contributed by atoms with van der Waals surface area (Å²) >= 11 is 0. The second-order valence-electron chi connectivity index (χ2n) is 4.16. The van der Waals surface area contributed by atoms with Crippen molar-refractivity contribution in [2.45, 2.75) is 31.3 Å². The fourth-order valence-corrected chi connectivity index (χ4v) is 3.03. The van der Waals surface area contributed by atoms with Crippen LogP contribution in [0.15, 0.2) is 18.2 Å². The molecule has 0 aliphatic carbocycles. The highest BCUT2D eigenvalue weighted by Gasteiger charge is 2.21. The Balaban J connectivity index is 3.14. The van der Waals surface area contributed by atoms with Gasteiger partial charge in [0, 0.05) is 5.56 Å². The van der Waals surface area contributed by atoms with Gasteiger partial charge in [0.25, 0.3) is 0 Å². The van der Waals surface area contributed by atoms with Crippen LogP contribution in [0.1, 0.15) is 31.4 Å². The summed E-state index contributed by atoms with van der Waals surface area (Å²) in [5.74, 6) is 0.404. The van der Waals surface area contributed by atoms with Crippen molar-refractivity contribution in [3.05, 3.63) is 29.3 Å². The molecule has 1 atom stereocenters. The highest BCUT2D eigenvalue weighted by molar-refractivity contribution is 7.91. The van der Waals surface area contributed by atoms with Crippen LogP contribution in [0.5, 0.6) is 5.75 Å². The molecule has 5 heteroatoms. The lowest BCUT2D eigenvalue weighted by molar-refractivity contribution is 0.411. The molecule has 1 rings (SSSR count). The van der Waals surface area contributed by atoms with E-state index in [4.69, 9.17) is 10.00 Å². The zero-order valence-corrected chi connectivity index (χ0v) is 11.6. The van der Waals surface area contributed by atoms with Crippen molar-refractivity contribution in [1.29, 1.82) is 5.26 Å². The maximum atomic E-state index is 12.1. The number of nitriles is 1. The molecule has 4 nitrogen and oxygen atoms in total. The van der Waals surface area contributed by atoms with Gasteiger partial charge in [0.15, 0.2) is 9.84 Å². The van der Waals surface area contributed by atoms with Crippen LogP contribution in [0.2, 0.25) is 0 Å². The third-order valence-corrected chi connectivity index (χ3v) is 5.23. The van der Waals surface area contributed by atoms with Crippen molar-refractivity contribution in [3.8, 4) is 11.8 Å². The van der Waals surface area contributed by atoms with E-state index in [1.165, 1.54) is 7.11 Å². The van der Waals surface area contributed by atoms with Crippen LogP contribution in [0.25, 0.3) is 0 Å². The van der Waals surface area contributed by atoms with Crippen LogP contribution in [-0.4, -0.2) is 20.8 Å². The first-order valence-corrected chi connectivity index (χ1v) is 7.44. The van der Waals surface area contributed by atoms with Gasteiger partial charge in [0.05, 0.1) is 29.7 Å². The second kappa shape index (κ2) is 5.87. The van der Waals surface area contributed by atoms with E-state index in [2.05, 4.69) is 0 Å². The number of benzene rings is 1. The molecule has 0 amide bonds. The van der Waals surface area contributed by atoms with Crippen molar-refractivity contribution in [1.82, 2.24) is 0 Å². The summed E-state index contributed by atoms with van der Waals surface area (Å²) in [6.07, 6.45) is 0.572. The Morgan fingerprint density at radius 1 is 1.44 bits per heavy atom. The van der Waals surface area contributed by atoms with Crippen LogP contribution in [-0.2, 0) is 15.6 Å². The number of hydrogen-bond donors (Lipinski definition) is 0. The Morgan fingerprint density at radius 2 is 2.11 bits per heavy atom. The summed E-state index contributed by atoms with van der Waals surface area (Å²) < 4.78 is 29.3. The smallest absolute Gasteiger partial charge is 0.157 e. The third-order valence-electron chi connectivity index (χ3n) is 2.95. The Hall–Kier alpha value is -1.54. The molecule has 1 aromatic rings. The predicted molar refractivity (Wildman–Crippen MR) is 70.1 cm³/mol. The fraction of sp³-hybridized carbons (Fsp3) is 0.462. The molecule has 0 spiro atoms. The topological polar surface area (TPSA) is 67.2 Å². The third kappa shape index (κ3) is 3.23. The van der Waals surface area contributed by atoms with E-state index in [9.17, 15) is 8.42 Å². The standard InChI is InChI=1S/C13H17NO3S/c1-4-10(2)18(15,16)9-12-7-11(8-14)5-6-13(12)17-3/h5-7,10H,4,9H2,1-3H3. The molecule has 0 heterocycles. The molecule has 1 unspecified atom stereocenters. The average Bonchev–Trinajstić information content (AvgIpc) is 2.37. The summed E-state index contributed by atoms with van der Waals surface area (Å²) in [4.78, 5) is 0. The van der Waals surface area contributed by atoms with E-state index in [0.29, 0.717) is 23.3 Å². The summed E-state index contributed by atoms with van der Waals surface area (Å²) in [7, 11) is -1.72. The van der Waals surface area contributed by atoms with Crippen molar-refractivity contribution >= 4 is 9.84 Å². The van der Waals surface area contributed by atoms with Crippen LogP contribution >= 0.6 is 0 Å². The molecule has 98 valence electrons. The number of methoxy groups -OCH3 is 1. The first-order valence-electron chi connectivity index (χ1n) is 5.73. The van der Waals surface area contributed by atoms with Gasteiger partial charge in [-0.3, -0.25) is 0 Å². The molecule has 0 aliphatic heterocycles. The summed E-state index contributed by atoms with van der Waals surface area (Å²) in [6.45, 7) is 3.53. The SMILES string of the molecule is CCC(C)S(=O)(=O)Cc1cc(C#N)ccc1OC. The maximum Gasteiger partial charge on any atom is 0.157 e. The molecule has 0 fully saturated rings. The number of ether oxygens (including phenoxy) is 1. The van der Waals surface area contributed by atoms with Crippen molar-refractivity contribution in [2.75, 3.05) is 7.11 Å². The summed E-state index contributed by atoms with van der Waals surface area (Å²) in [5.41, 5.74) is 0.974. The van der Waals surface area contributed by atoms with Crippen LogP contribution < -0.4 is 4.74 Å². The number of rotatable bonds is 5. The minimum absolute atomic E-state index is 0.0965. The summed E-state index contributed by atoms with van der Waals surface area (Å²) in [5, 5.41) is 8.44. The largest absolute Gasteiger partial charge is 0.496 e. The highest BCUT2D eigenvalue weighted by Crippen LogP contribution is 2.24. The molecule has 0 radical (unpaired) electrons. The molecule has 1 aromatic carbocycles. The van der Waals surface area contributed by atoms with Gasteiger partial charge in [0.2, 0.25) is 0 Å². The molecular formula is C13H17NO3S.